The number of aromatic nitrogens is 1. The van der Waals surface area contributed by atoms with E-state index in [1.54, 1.807) is 0 Å². The molecule has 21 heavy (non-hydrogen) atoms. The normalized spacial score (nSPS) is 18.5. The predicted octanol–water partition coefficient (Wildman–Crippen LogP) is 4.25. The van der Waals surface area contributed by atoms with Gasteiger partial charge in [0.15, 0.2) is 0 Å². The summed E-state index contributed by atoms with van der Waals surface area (Å²) in [6.07, 6.45) is 4.83. The molecule has 2 nitrogen and oxygen atoms in total. The van der Waals surface area contributed by atoms with Crippen LogP contribution in [0.5, 0.6) is 0 Å². The molecule has 0 saturated heterocycles. The van der Waals surface area contributed by atoms with Crippen molar-refractivity contribution in [1.82, 2.24) is 10.3 Å². The Morgan fingerprint density at radius 3 is 3.05 bits per heavy atom. The van der Waals surface area contributed by atoms with E-state index in [0.29, 0.717) is 12.0 Å². The number of benzene rings is 1. The molecule has 2 atom stereocenters. The van der Waals surface area contributed by atoms with Crippen molar-refractivity contribution in [2.24, 2.45) is 0 Å². The Morgan fingerprint density at radius 2 is 2.24 bits per heavy atom. The standard InChI is InChI=1S/C17H19BrN2S/c1-2-20-16(8-12-7-13(18)10-19-9-12)15-11-21-17-6-4-3-5-14(15)17/h3-7,9-10,15-16,20H,2,8,11H2,1H3. The van der Waals surface area contributed by atoms with Crippen LogP contribution in [0.15, 0.2) is 52.1 Å². The van der Waals surface area contributed by atoms with Crippen LogP contribution in [-0.2, 0) is 6.42 Å². The molecule has 1 aromatic heterocycles. The van der Waals surface area contributed by atoms with Crippen LogP contribution in [0.2, 0.25) is 0 Å². The average molecular weight is 363 g/mol. The lowest BCUT2D eigenvalue weighted by atomic mass is 9.89. The van der Waals surface area contributed by atoms with Gasteiger partial charge in [-0.05, 0) is 52.2 Å². The van der Waals surface area contributed by atoms with Gasteiger partial charge in [-0.15, -0.1) is 11.8 Å². The Bertz CT molecular complexity index is 617. The largest absolute Gasteiger partial charge is 0.313 e. The second-order valence-electron chi connectivity index (χ2n) is 5.34. The minimum absolute atomic E-state index is 0.460. The quantitative estimate of drug-likeness (QED) is 0.860. The van der Waals surface area contributed by atoms with Crippen molar-refractivity contribution in [1.29, 1.82) is 0 Å². The van der Waals surface area contributed by atoms with Crippen molar-refractivity contribution >= 4 is 27.7 Å². The molecule has 0 aliphatic carbocycles. The van der Waals surface area contributed by atoms with E-state index in [-0.39, 0.29) is 0 Å². The zero-order valence-electron chi connectivity index (χ0n) is 12.1. The van der Waals surface area contributed by atoms with Gasteiger partial charge in [0, 0.05) is 39.5 Å². The molecular formula is C17H19BrN2S. The molecule has 110 valence electrons. The highest BCUT2D eigenvalue weighted by atomic mass is 79.9. The van der Waals surface area contributed by atoms with Crippen LogP contribution in [0.4, 0.5) is 0 Å². The summed E-state index contributed by atoms with van der Waals surface area (Å²) in [5.41, 5.74) is 2.78. The zero-order valence-corrected chi connectivity index (χ0v) is 14.5. The topological polar surface area (TPSA) is 24.9 Å². The highest BCUT2D eigenvalue weighted by Crippen LogP contribution is 2.41. The number of rotatable bonds is 5. The molecule has 3 rings (SSSR count). The second kappa shape index (κ2) is 6.95. The summed E-state index contributed by atoms with van der Waals surface area (Å²) in [7, 11) is 0. The Balaban J connectivity index is 1.82. The Kier molecular flexibility index (Phi) is 4.99. The monoisotopic (exact) mass is 362 g/mol. The van der Waals surface area contributed by atoms with E-state index in [2.05, 4.69) is 63.5 Å². The molecule has 2 heterocycles. The fourth-order valence-electron chi connectivity index (χ4n) is 2.96. The summed E-state index contributed by atoms with van der Waals surface area (Å²) in [6.45, 7) is 3.18. The van der Waals surface area contributed by atoms with E-state index in [0.717, 1.165) is 17.4 Å². The number of fused-ring (bicyclic) bond motifs is 1. The van der Waals surface area contributed by atoms with E-state index >= 15 is 0 Å². The van der Waals surface area contributed by atoms with Gasteiger partial charge in [0.1, 0.15) is 0 Å². The van der Waals surface area contributed by atoms with Crippen LogP contribution in [0, 0.1) is 0 Å². The van der Waals surface area contributed by atoms with Crippen molar-refractivity contribution in [2.45, 2.75) is 30.2 Å². The van der Waals surface area contributed by atoms with Crippen molar-refractivity contribution in [3.8, 4) is 0 Å². The first-order valence-electron chi connectivity index (χ1n) is 7.32. The summed E-state index contributed by atoms with van der Waals surface area (Å²) in [6, 6.07) is 11.4. The molecule has 0 bridgehead atoms. The van der Waals surface area contributed by atoms with Gasteiger partial charge >= 0.3 is 0 Å². The van der Waals surface area contributed by atoms with E-state index in [4.69, 9.17) is 0 Å². The summed E-state index contributed by atoms with van der Waals surface area (Å²) in [4.78, 5) is 5.73. The van der Waals surface area contributed by atoms with Crippen LogP contribution in [0.1, 0.15) is 24.0 Å². The minimum atomic E-state index is 0.460. The van der Waals surface area contributed by atoms with Gasteiger partial charge in [-0.2, -0.15) is 0 Å². The zero-order chi connectivity index (χ0) is 14.7. The van der Waals surface area contributed by atoms with Crippen molar-refractivity contribution in [3.05, 3.63) is 58.3 Å². The molecule has 0 saturated carbocycles. The van der Waals surface area contributed by atoms with Gasteiger partial charge in [-0.1, -0.05) is 25.1 Å². The van der Waals surface area contributed by atoms with Crippen LogP contribution in [0.25, 0.3) is 0 Å². The third-order valence-corrected chi connectivity index (χ3v) is 5.55. The van der Waals surface area contributed by atoms with Gasteiger partial charge in [0.2, 0.25) is 0 Å². The molecule has 2 unspecified atom stereocenters. The highest BCUT2D eigenvalue weighted by molar-refractivity contribution is 9.10. The third kappa shape index (κ3) is 3.50. The average Bonchev–Trinajstić information content (AvgIpc) is 2.91. The van der Waals surface area contributed by atoms with E-state index in [1.807, 2.05) is 24.2 Å². The van der Waals surface area contributed by atoms with Gasteiger partial charge in [0.05, 0.1) is 0 Å². The third-order valence-electron chi connectivity index (χ3n) is 3.91. The number of likely N-dealkylation sites (N-methyl/N-ethyl adjacent to an activating group) is 1. The number of pyridine rings is 1. The molecule has 2 aromatic rings. The number of nitrogens with zero attached hydrogens (tertiary/aromatic N) is 1. The lowest BCUT2D eigenvalue weighted by molar-refractivity contribution is 0.463. The maximum absolute atomic E-state index is 4.29. The number of thioether (sulfide) groups is 1. The first kappa shape index (κ1) is 15.1. The Hall–Kier alpha value is -0.840. The number of hydrogen-bond acceptors (Lipinski definition) is 3. The number of halogens is 1. The van der Waals surface area contributed by atoms with Crippen LogP contribution in [0.3, 0.4) is 0 Å². The van der Waals surface area contributed by atoms with Crippen molar-refractivity contribution < 1.29 is 0 Å². The summed E-state index contributed by atoms with van der Waals surface area (Å²) in [5, 5.41) is 3.68. The maximum atomic E-state index is 4.29. The fraction of sp³-hybridized carbons (Fsp3) is 0.353. The molecule has 1 aliphatic heterocycles. The molecule has 4 heteroatoms. The smallest absolute Gasteiger partial charge is 0.0410 e. The molecule has 0 amide bonds. The summed E-state index contributed by atoms with van der Waals surface area (Å²) < 4.78 is 1.05. The predicted molar refractivity (Wildman–Crippen MR) is 93.0 cm³/mol. The van der Waals surface area contributed by atoms with E-state index < -0.39 is 0 Å². The van der Waals surface area contributed by atoms with Crippen LogP contribution < -0.4 is 5.32 Å². The highest BCUT2D eigenvalue weighted by Gasteiger charge is 2.29. The van der Waals surface area contributed by atoms with Gasteiger partial charge in [0.25, 0.3) is 0 Å². The van der Waals surface area contributed by atoms with Crippen molar-refractivity contribution in [2.75, 3.05) is 12.3 Å². The summed E-state index contributed by atoms with van der Waals surface area (Å²) >= 11 is 5.49. The second-order valence-corrected chi connectivity index (χ2v) is 7.31. The molecular weight excluding hydrogens is 344 g/mol. The molecule has 1 N–H and O–H groups in total. The lowest BCUT2D eigenvalue weighted by Gasteiger charge is -2.25. The molecule has 1 aliphatic rings. The molecule has 0 fully saturated rings. The minimum Gasteiger partial charge on any atom is -0.313 e. The number of nitrogens with one attached hydrogen (secondary N) is 1. The summed E-state index contributed by atoms with van der Waals surface area (Å²) in [5.74, 6) is 1.74. The van der Waals surface area contributed by atoms with E-state index in [9.17, 15) is 0 Å². The molecule has 0 radical (unpaired) electrons. The number of hydrogen-bond donors (Lipinski definition) is 1. The maximum Gasteiger partial charge on any atom is 0.0410 e. The van der Waals surface area contributed by atoms with Crippen LogP contribution in [-0.4, -0.2) is 23.3 Å². The van der Waals surface area contributed by atoms with E-state index in [1.165, 1.54) is 21.8 Å². The fourth-order valence-corrected chi connectivity index (χ4v) is 4.70. The van der Waals surface area contributed by atoms with Gasteiger partial charge in [-0.25, -0.2) is 0 Å². The Labute approximate surface area is 138 Å². The lowest BCUT2D eigenvalue weighted by Crippen LogP contribution is -2.37. The van der Waals surface area contributed by atoms with Crippen LogP contribution >= 0.6 is 27.7 Å². The SMILES string of the molecule is CCNC(Cc1cncc(Br)c1)C1CSc2ccccc21. The Morgan fingerprint density at radius 1 is 1.38 bits per heavy atom. The molecule has 0 spiro atoms. The first-order chi connectivity index (χ1) is 10.3. The van der Waals surface area contributed by atoms with Crippen molar-refractivity contribution in [3.63, 3.8) is 0 Å². The van der Waals surface area contributed by atoms with Gasteiger partial charge in [-0.3, -0.25) is 4.98 Å². The van der Waals surface area contributed by atoms with Gasteiger partial charge < -0.3 is 5.32 Å². The first-order valence-corrected chi connectivity index (χ1v) is 9.10. The molecule has 1 aromatic carbocycles.